The number of likely N-dealkylation sites (tertiary alicyclic amines) is 1. The third-order valence-electron chi connectivity index (χ3n) is 6.24. The van der Waals surface area contributed by atoms with Gasteiger partial charge in [0.2, 0.25) is 0 Å². The molecule has 138 valence electrons. The lowest BCUT2D eigenvalue weighted by molar-refractivity contribution is 0.0365. The normalized spacial score (nSPS) is 20.3. The Hall–Kier alpha value is -2.91. The third kappa shape index (κ3) is 2.58. The molecule has 6 nitrogen and oxygen atoms in total. The number of aliphatic hydroxyl groups excluding tert-OH is 1. The Bertz CT molecular complexity index is 1010. The van der Waals surface area contributed by atoms with E-state index in [9.17, 15) is 14.7 Å². The lowest BCUT2D eigenvalue weighted by atomic mass is 9.72. The molecular weight excluding hydrogens is 342 g/mol. The van der Waals surface area contributed by atoms with E-state index in [2.05, 4.69) is 17.1 Å². The first-order valence-corrected chi connectivity index (χ1v) is 9.16. The predicted molar refractivity (Wildman–Crippen MR) is 99.5 cm³/mol. The Balaban J connectivity index is 1.58. The van der Waals surface area contributed by atoms with Crippen molar-refractivity contribution in [3.05, 3.63) is 68.6 Å². The van der Waals surface area contributed by atoms with Gasteiger partial charge in [-0.3, -0.25) is 9.59 Å². The Morgan fingerprint density at radius 3 is 2.74 bits per heavy atom. The standard InChI is InChI=1S/C21H21N3O3/c1-13-15(11-22)19(26)23-12-16(13)20(27)24-8-6-21(7-9-24)17-5-3-2-4-14(17)10-18(21)25/h2-5,12,18,25H,6-10H2,1H3,(H,23,26). The molecule has 1 fully saturated rings. The Kier molecular flexibility index (Phi) is 4.12. The van der Waals surface area contributed by atoms with Crippen molar-refractivity contribution in [2.75, 3.05) is 13.1 Å². The van der Waals surface area contributed by atoms with E-state index in [0.29, 0.717) is 43.5 Å². The van der Waals surface area contributed by atoms with E-state index in [1.165, 1.54) is 17.3 Å². The number of piperidine rings is 1. The first kappa shape index (κ1) is 17.5. The molecule has 1 spiro atoms. The predicted octanol–water partition coefficient (Wildman–Crippen LogP) is 1.65. The van der Waals surface area contributed by atoms with Crippen LogP contribution in [0.25, 0.3) is 0 Å². The highest BCUT2D eigenvalue weighted by molar-refractivity contribution is 5.96. The molecule has 1 aromatic carbocycles. The molecule has 1 aromatic heterocycles. The summed E-state index contributed by atoms with van der Waals surface area (Å²) >= 11 is 0. The number of aromatic nitrogens is 1. The fraction of sp³-hybridized carbons (Fsp3) is 0.381. The number of amides is 1. The number of rotatable bonds is 1. The summed E-state index contributed by atoms with van der Waals surface area (Å²) in [5, 5.41) is 19.9. The number of carbonyl (C=O) groups is 1. The van der Waals surface area contributed by atoms with Crippen molar-refractivity contribution in [2.45, 2.75) is 37.7 Å². The monoisotopic (exact) mass is 363 g/mol. The van der Waals surface area contributed by atoms with Crippen molar-refractivity contribution < 1.29 is 9.90 Å². The molecule has 2 N–H and O–H groups in total. The van der Waals surface area contributed by atoms with Gasteiger partial charge in [0.05, 0.1) is 11.7 Å². The number of benzene rings is 1. The zero-order chi connectivity index (χ0) is 19.2. The maximum absolute atomic E-state index is 13.0. The van der Waals surface area contributed by atoms with E-state index in [1.54, 1.807) is 11.8 Å². The molecule has 1 saturated heterocycles. The molecule has 6 heteroatoms. The van der Waals surface area contributed by atoms with Crippen LogP contribution in [0.5, 0.6) is 0 Å². The number of aliphatic hydroxyl groups is 1. The van der Waals surface area contributed by atoms with Gasteiger partial charge < -0.3 is 15.0 Å². The molecule has 2 aliphatic rings. The zero-order valence-electron chi connectivity index (χ0n) is 15.2. The molecule has 2 aromatic rings. The summed E-state index contributed by atoms with van der Waals surface area (Å²) in [6.07, 6.45) is 3.03. The minimum atomic E-state index is -0.477. The van der Waals surface area contributed by atoms with Gasteiger partial charge in [-0.1, -0.05) is 24.3 Å². The largest absolute Gasteiger partial charge is 0.392 e. The van der Waals surface area contributed by atoms with E-state index in [-0.39, 0.29) is 16.9 Å². The Morgan fingerprint density at radius 2 is 2.04 bits per heavy atom. The van der Waals surface area contributed by atoms with Crippen molar-refractivity contribution in [2.24, 2.45) is 0 Å². The quantitative estimate of drug-likeness (QED) is 0.805. The molecule has 27 heavy (non-hydrogen) atoms. The van der Waals surface area contributed by atoms with Crippen molar-refractivity contribution >= 4 is 5.91 Å². The minimum Gasteiger partial charge on any atom is -0.392 e. The van der Waals surface area contributed by atoms with E-state index in [4.69, 9.17) is 5.26 Å². The number of nitriles is 1. The van der Waals surface area contributed by atoms with Gasteiger partial charge in [0.15, 0.2) is 0 Å². The molecule has 1 unspecified atom stereocenters. The summed E-state index contributed by atoms with van der Waals surface area (Å²) in [6.45, 7) is 2.69. The molecular formula is C21H21N3O3. The Morgan fingerprint density at radius 1 is 1.33 bits per heavy atom. The molecule has 1 aliphatic heterocycles. The van der Waals surface area contributed by atoms with E-state index in [1.807, 2.05) is 18.2 Å². The summed E-state index contributed by atoms with van der Waals surface area (Å²) in [7, 11) is 0. The first-order chi connectivity index (χ1) is 13.0. The molecule has 2 heterocycles. The summed E-state index contributed by atoms with van der Waals surface area (Å²) in [6, 6.07) is 10.0. The third-order valence-corrected chi connectivity index (χ3v) is 6.24. The topological polar surface area (TPSA) is 97.2 Å². The van der Waals surface area contributed by atoms with Gasteiger partial charge in [0.25, 0.3) is 11.5 Å². The maximum atomic E-state index is 13.0. The van der Waals surface area contributed by atoms with Crippen molar-refractivity contribution in [3.8, 4) is 6.07 Å². The van der Waals surface area contributed by atoms with E-state index < -0.39 is 11.7 Å². The lowest BCUT2D eigenvalue weighted by Crippen LogP contribution is -2.49. The average Bonchev–Trinajstić information content (AvgIpc) is 2.94. The number of aromatic amines is 1. The van der Waals surface area contributed by atoms with Crippen LogP contribution in [0.4, 0.5) is 0 Å². The van der Waals surface area contributed by atoms with Crippen LogP contribution >= 0.6 is 0 Å². The van der Waals surface area contributed by atoms with Crippen LogP contribution in [0, 0.1) is 18.3 Å². The number of fused-ring (bicyclic) bond motifs is 2. The van der Waals surface area contributed by atoms with Crippen molar-refractivity contribution in [3.63, 3.8) is 0 Å². The van der Waals surface area contributed by atoms with Crippen LogP contribution in [0.2, 0.25) is 0 Å². The number of nitrogens with zero attached hydrogens (tertiary/aromatic N) is 2. The van der Waals surface area contributed by atoms with Gasteiger partial charge in [-0.15, -0.1) is 0 Å². The zero-order valence-corrected chi connectivity index (χ0v) is 15.2. The molecule has 1 atom stereocenters. The molecule has 0 saturated carbocycles. The maximum Gasteiger partial charge on any atom is 0.266 e. The fourth-order valence-corrected chi connectivity index (χ4v) is 4.63. The second-order valence-corrected chi connectivity index (χ2v) is 7.47. The van der Waals surface area contributed by atoms with Gasteiger partial charge in [0, 0.05) is 24.7 Å². The summed E-state index contributed by atoms with van der Waals surface area (Å²) < 4.78 is 0. The average molecular weight is 363 g/mol. The molecule has 0 bridgehead atoms. The number of H-pyrrole nitrogens is 1. The van der Waals surface area contributed by atoms with Gasteiger partial charge in [-0.2, -0.15) is 5.26 Å². The molecule has 4 rings (SSSR count). The van der Waals surface area contributed by atoms with Gasteiger partial charge in [-0.25, -0.2) is 0 Å². The number of hydrogen-bond donors (Lipinski definition) is 2. The summed E-state index contributed by atoms with van der Waals surface area (Å²) in [5.74, 6) is -0.184. The summed E-state index contributed by atoms with van der Waals surface area (Å²) in [4.78, 5) is 28.9. The molecule has 1 amide bonds. The highest BCUT2D eigenvalue weighted by Gasteiger charge is 2.48. The van der Waals surface area contributed by atoms with Gasteiger partial charge in [0.1, 0.15) is 11.6 Å². The van der Waals surface area contributed by atoms with E-state index in [0.717, 1.165) is 0 Å². The molecule has 1 aliphatic carbocycles. The van der Waals surface area contributed by atoms with Crippen LogP contribution in [-0.2, 0) is 11.8 Å². The van der Waals surface area contributed by atoms with Crippen LogP contribution in [0.1, 0.15) is 45.5 Å². The fourth-order valence-electron chi connectivity index (χ4n) is 4.63. The number of nitrogens with one attached hydrogen (secondary N) is 1. The lowest BCUT2D eigenvalue weighted by Gasteiger charge is -2.42. The van der Waals surface area contributed by atoms with Crippen molar-refractivity contribution in [1.82, 2.24) is 9.88 Å². The summed E-state index contributed by atoms with van der Waals surface area (Å²) in [5.41, 5.74) is 2.39. The van der Waals surface area contributed by atoms with Crippen LogP contribution in [0.15, 0.2) is 35.3 Å². The first-order valence-electron chi connectivity index (χ1n) is 9.16. The van der Waals surface area contributed by atoms with Gasteiger partial charge in [-0.05, 0) is 42.9 Å². The number of pyridine rings is 1. The SMILES string of the molecule is Cc1c(C(=O)N2CCC3(CC2)c2ccccc2CC3O)c[nH]c(=O)c1C#N. The second-order valence-electron chi connectivity index (χ2n) is 7.47. The highest BCUT2D eigenvalue weighted by Crippen LogP contribution is 2.46. The highest BCUT2D eigenvalue weighted by atomic mass is 16.3. The molecule has 0 radical (unpaired) electrons. The smallest absolute Gasteiger partial charge is 0.266 e. The number of hydrogen-bond acceptors (Lipinski definition) is 4. The van der Waals surface area contributed by atoms with Crippen LogP contribution in [-0.4, -0.2) is 40.1 Å². The van der Waals surface area contributed by atoms with Gasteiger partial charge >= 0.3 is 0 Å². The van der Waals surface area contributed by atoms with Crippen molar-refractivity contribution in [1.29, 1.82) is 5.26 Å². The minimum absolute atomic E-state index is 0.0190. The number of carbonyl (C=O) groups excluding carboxylic acids is 1. The Labute approximate surface area is 157 Å². The second kappa shape index (κ2) is 6.36. The van der Waals surface area contributed by atoms with Crippen LogP contribution < -0.4 is 5.56 Å². The van der Waals surface area contributed by atoms with Crippen LogP contribution in [0.3, 0.4) is 0 Å². The van der Waals surface area contributed by atoms with E-state index >= 15 is 0 Å².